The van der Waals surface area contributed by atoms with Gasteiger partial charge in [0.15, 0.2) is 0 Å². The monoisotopic (exact) mass is 171 g/mol. The standard InChI is InChI=1S/C10H21NO/c1-10(11,12)8-7-9-5-3-2-4-6-9/h9,12H,2-8,11H2,1H3. The Morgan fingerprint density at radius 1 is 1.33 bits per heavy atom. The van der Waals surface area contributed by atoms with Crippen molar-refractivity contribution < 1.29 is 5.11 Å². The van der Waals surface area contributed by atoms with Gasteiger partial charge < -0.3 is 10.8 Å². The van der Waals surface area contributed by atoms with Gasteiger partial charge in [0, 0.05) is 0 Å². The second-order valence-corrected chi connectivity index (χ2v) is 4.40. The Morgan fingerprint density at radius 2 is 1.92 bits per heavy atom. The van der Waals surface area contributed by atoms with E-state index in [9.17, 15) is 5.11 Å². The van der Waals surface area contributed by atoms with Crippen LogP contribution < -0.4 is 5.73 Å². The molecule has 0 radical (unpaired) electrons. The maximum atomic E-state index is 9.33. The first-order valence-electron chi connectivity index (χ1n) is 5.09. The Morgan fingerprint density at radius 3 is 2.42 bits per heavy atom. The summed E-state index contributed by atoms with van der Waals surface area (Å²) < 4.78 is 0. The number of nitrogens with two attached hydrogens (primary N) is 1. The summed E-state index contributed by atoms with van der Waals surface area (Å²) in [6.07, 6.45) is 8.68. The first-order valence-corrected chi connectivity index (χ1v) is 5.09. The lowest BCUT2D eigenvalue weighted by molar-refractivity contribution is 0.0487. The van der Waals surface area contributed by atoms with Crippen molar-refractivity contribution in [2.45, 2.75) is 57.6 Å². The van der Waals surface area contributed by atoms with Crippen molar-refractivity contribution in [3.63, 3.8) is 0 Å². The first kappa shape index (κ1) is 10.0. The molecule has 1 atom stereocenters. The van der Waals surface area contributed by atoms with Crippen LogP contribution in [-0.2, 0) is 0 Å². The van der Waals surface area contributed by atoms with E-state index >= 15 is 0 Å². The summed E-state index contributed by atoms with van der Waals surface area (Å²) in [7, 11) is 0. The van der Waals surface area contributed by atoms with Gasteiger partial charge in [-0.15, -0.1) is 0 Å². The van der Waals surface area contributed by atoms with Gasteiger partial charge in [0.25, 0.3) is 0 Å². The quantitative estimate of drug-likeness (QED) is 0.638. The fraction of sp³-hybridized carbons (Fsp3) is 1.00. The molecule has 2 nitrogen and oxygen atoms in total. The molecule has 0 aromatic rings. The van der Waals surface area contributed by atoms with Gasteiger partial charge in [-0.2, -0.15) is 0 Å². The first-order chi connectivity index (χ1) is 5.58. The van der Waals surface area contributed by atoms with E-state index in [0.717, 1.165) is 18.8 Å². The molecule has 0 bridgehead atoms. The van der Waals surface area contributed by atoms with Crippen LogP contribution in [0.3, 0.4) is 0 Å². The van der Waals surface area contributed by atoms with Gasteiger partial charge in [0.05, 0.1) is 0 Å². The molecule has 0 amide bonds. The molecule has 2 heteroatoms. The molecule has 1 aliphatic rings. The van der Waals surface area contributed by atoms with Crippen LogP contribution in [0.2, 0.25) is 0 Å². The zero-order chi connectivity index (χ0) is 9.03. The third kappa shape index (κ3) is 4.07. The molecular formula is C10H21NO. The second kappa shape index (κ2) is 4.24. The van der Waals surface area contributed by atoms with Gasteiger partial charge in [0.2, 0.25) is 0 Å². The maximum absolute atomic E-state index is 9.33. The van der Waals surface area contributed by atoms with Crippen molar-refractivity contribution >= 4 is 0 Å². The van der Waals surface area contributed by atoms with Crippen LogP contribution >= 0.6 is 0 Å². The Labute approximate surface area is 75.2 Å². The summed E-state index contributed by atoms with van der Waals surface area (Å²) in [6.45, 7) is 1.69. The van der Waals surface area contributed by atoms with Crippen molar-refractivity contribution in [1.82, 2.24) is 0 Å². The molecule has 0 spiro atoms. The zero-order valence-electron chi connectivity index (χ0n) is 8.05. The second-order valence-electron chi connectivity index (χ2n) is 4.40. The SMILES string of the molecule is CC(N)(O)CCC1CCCCC1. The zero-order valence-corrected chi connectivity index (χ0v) is 8.05. The van der Waals surface area contributed by atoms with E-state index in [1.807, 2.05) is 0 Å². The highest BCUT2D eigenvalue weighted by Crippen LogP contribution is 2.28. The van der Waals surface area contributed by atoms with Gasteiger partial charge >= 0.3 is 0 Å². The molecule has 1 saturated carbocycles. The molecule has 0 aliphatic heterocycles. The van der Waals surface area contributed by atoms with E-state index in [1.54, 1.807) is 6.92 Å². The van der Waals surface area contributed by atoms with Gasteiger partial charge in [-0.05, 0) is 25.7 Å². The van der Waals surface area contributed by atoms with Crippen molar-refractivity contribution in [3.8, 4) is 0 Å². The number of hydrogen-bond acceptors (Lipinski definition) is 2. The lowest BCUT2D eigenvalue weighted by atomic mass is 9.85. The summed E-state index contributed by atoms with van der Waals surface area (Å²) >= 11 is 0. The minimum atomic E-state index is -0.947. The molecule has 0 heterocycles. The van der Waals surface area contributed by atoms with Crippen LogP contribution in [-0.4, -0.2) is 10.8 Å². The van der Waals surface area contributed by atoms with Crippen molar-refractivity contribution in [3.05, 3.63) is 0 Å². The van der Waals surface area contributed by atoms with Crippen LogP contribution in [0.25, 0.3) is 0 Å². The van der Waals surface area contributed by atoms with Gasteiger partial charge in [-0.3, -0.25) is 0 Å². The largest absolute Gasteiger partial charge is 0.376 e. The van der Waals surface area contributed by atoms with E-state index in [4.69, 9.17) is 5.73 Å². The average molecular weight is 171 g/mol. The molecule has 0 aromatic heterocycles. The smallest absolute Gasteiger partial charge is 0.110 e. The Kier molecular flexibility index (Phi) is 3.53. The third-order valence-corrected chi connectivity index (χ3v) is 2.78. The number of hydrogen-bond donors (Lipinski definition) is 2. The normalized spacial score (nSPS) is 25.2. The highest BCUT2D eigenvalue weighted by atomic mass is 16.3. The summed E-state index contributed by atoms with van der Waals surface area (Å²) in [5.41, 5.74) is 4.56. The molecule has 0 aromatic carbocycles. The molecule has 1 unspecified atom stereocenters. The van der Waals surface area contributed by atoms with E-state index in [-0.39, 0.29) is 0 Å². The van der Waals surface area contributed by atoms with Crippen LogP contribution in [0, 0.1) is 5.92 Å². The predicted molar refractivity (Wildman–Crippen MR) is 50.6 cm³/mol. The van der Waals surface area contributed by atoms with E-state index in [1.165, 1.54) is 32.1 Å². The van der Waals surface area contributed by atoms with Crippen molar-refractivity contribution in [2.24, 2.45) is 11.7 Å². The maximum Gasteiger partial charge on any atom is 0.110 e. The topological polar surface area (TPSA) is 46.2 Å². The van der Waals surface area contributed by atoms with Crippen LogP contribution in [0.15, 0.2) is 0 Å². The van der Waals surface area contributed by atoms with Crippen LogP contribution in [0.5, 0.6) is 0 Å². The molecule has 1 fully saturated rings. The van der Waals surface area contributed by atoms with Gasteiger partial charge in [-0.25, -0.2) is 0 Å². The molecule has 3 N–H and O–H groups in total. The molecule has 12 heavy (non-hydrogen) atoms. The molecule has 0 saturated heterocycles. The average Bonchev–Trinajstić information content (AvgIpc) is 2.02. The highest BCUT2D eigenvalue weighted by Gasteiger charge is 2.18. The summed E-state index contributed by atoms with van der Waals surface area (Å²) in [5.74, 6) is 0.828. The fourth-order valence-corrected chi connectivity index (χ4v) is 1.97. The van der Waals surface area contributed by atoms with Crippen molar-refractivity contribution in [1.29, 1.82) is 0 Å². The van der Waals surface area contributed by atoms with E-state index < -0.39 is 5.72 Å². The Bertz CT molecular complexity index is 122. The van der Waals surface area contributed by atoms with Gasteiger partial charge in [-0.1, -0.05) is 32.1 Å². The third-order valence-electron chi connectivity index (χ3n) is 2.78. The Hall–Kier alpha value is -0.0800. The Balaban J connectivity index is 2.13. The minimum absolute atomic E-state index is 0.748. The lowest BCUT2D eigenvalue weighted by Crippen LogP contribution is -2.35. The number of aliphatic hydroxyl groups is 1. The van der Waals surface area contributed by atoms with Crippen LogP contribution in [0.1, 0.15) is 51.9 Å². The van der Waals surface area contributed by atoms with Crippen molar-refractivity contribution in [2.75, 3.05) is 0 Å². The molecular weight excluding hydrogens is 150 g/mol. The summed E-state index contributed by atoms with van der Waals surface area (Å²) in [5, 5.41) is 9.33. The predicted octanol–water partition coefficient (Wildman–Crippen LogP) is 2.01. The van der Waals surface area contributed by atoms with Crippen LogP contribution in [0.4, 0.5) is 0 Å². The fourth-order valence-electron chi connectivity index (χ4n) is 1.97. The highest BCUT2D eigenvalue weighted by molar-refractivity contribution is 4.70. The lowest BCUT2D eigenvalue weighted by Gasteiger charge is -2.24. The van der Waals surface area contributed by atoms with E-state index in [0.29, 0.717) is 0 Å². The summed E-state index contributed by atoms with van der Waals surface area (Å²) in [6, 6.07) is 0. The molecule has 72 valence electrons. The summed E-state index contributed by atoms with van der Waals surface area (Å²) in [4.78, 5) is 0. The molecule has 1 rings (SSSR count). The van der Waals surface area contributed by atoms with Gasteiger partial charge in [0.1, 0.15) is 5.72 Å². The minimum Gasteiger partial charge on any atom is -0.376 e. The van der Waals surface area contributed by atoms with E-state index in [2.05, 4.69) is 0 Å². The number of rotatable bonds is 3. The molecule has 1 aliphatic carbocycles.